The molecule has 0 aliphatic heterocycles. The van der Waals surface area contributed by atoms with Gasteiger partial charge >= 0.3 is 0 Å². The highest BCUT2D eigenvalue weighted by Gasteiger charge is 2.04. The van der Waals surface area contributed by atoms with Crippen molar-refractivity contribution in [1.29, 1.82) is 0 Å². The Hall–Kier alpha value is -1.55. The fourth-order valence-corrected chi connectivity index (χ4v) is 1.41. The summed E-state index contributed by atoms with van der Waals surface area (Å²) in [5.74, 6) is 0.731. The highest BCUT2D eigenvalue weighted by Crippen LogP contribution is 2.12. The fourth-order valence-electron chi connectivity index (χ4n) is 1.41. The second kappa shape index (κ2) is 6.91. The van der Waals surface area contributed by atoms with Gasteiger partial charge in [-0.25, -0.2) is 0 Å². The van der Waals surface area contributed by atoms with Gasteiger partial charge in [0, 0.05) is 13.0 Å². The minimum atomic E-state index is -0.433. The molecule has 0 aliphatic carbocycles. The molecule has 0 fully saturated rings. The van der Waals surface area contributed by atoms with E-state index in [0.717, 1.165) is 11.3 Å². The monoisotopic (exact) mass is 237 g/mol. The molecule has 1 rings (SSSR count). The van der Waals surface area contributed by atoms with Crippen LogP contribution in [-0.2, 0) is 11.3 Å². The van der Waals surface area contributed by atoms with E-state index >= 15 is 0 Å². The molecule has 1 atom stereocenters. The molecule has 0 heterocycles. The Bertz CT molecular complexity index is 363. The summed E-state index contributed by atoms with van der Waals surface area (Å²) >= 11 is 0. The lowest BCUT2D eigenvalue weighted by molar-refractivity contribution is -0.121. The molecule has 1 aromatic rings. The van der Waals surface area contributed by atoms with Crippen LogP contribution in [0.5, 0.6) is 5.75 Å². The van der Waals surface area contributed by atoms with Gasteiger partial charge in [0.1, 0.15) is 5.75 Å². The SMILES string of the molecule is COc1cccc(CNC(=O)CCC(C)O)c1. The number of amides is 1. The molecular formula is C13H19NO3. The first-order valence-corrected chi connectivity index (χ1v) is 5.69. The normalized spacial score (nSPS) is 11.9. The number of hydrogen-bond acceptors (Lipinski definition) is 3. The maximum absolute atomic E-state index is 11.4. The summed E-state index contributed by atoms with van der Waals surface area (Å²) < 4.78 is 5.09. The maximum Gasteiger partial charge on any atom is 0.220 e. The van der Waals surface area contributed by atoms with Crippen LogP contribution in [-0.4, -0.2) is 24.2 Å². The lowest BCUT2D eigenvalue weighted by Gasteiger charge is -2.07. The molecule has 0 aliphatic rings. The van der Waals surface area contributed by atoms with Crippen LogP contribution in [0.25, 0.3) is 0 Å². The topological polar surface area (TPSA) is 58.6 Å². The van der Waals surface area contributed by atoms with Gasteiger partial charge in [-0.15, -0.1) is 0 Å². The van der Waals surface area contributed by atoms with Crippen molar-refractivity contribution in [3.05, 3.63) is 29.8 Å². The zero-order valence-electron chi connectivity index (χ0n) is 10.3. The Morgan fingerprint density at radius 1 is 1.53 bits per heavy atom. The molecule has 1 unspecified atom stereocenters. The molecule has 0 saturated carbocycles. The van der Waals surface area contributed by atoms with Gasteiger partial charge in [0.2, 0.25) is 5.91 Å². The Kier molecular flexibility index (Phi) is 5.49. The number of carbonyl (C=O) groups is 1. The Morgan fingerprint density at radius 2 is 2.29 bits per heavy atom. The van der Waals surface area contributed by atoms with E-state index in [1.54, 1.807) is 14.0 Å². The smallest absolute Gasteiger partial charge is 0.220 e. The van der Waals surface area contributed by atoms with Crippen LogP contribution in [0.15, 0.2) is 24.3 Å². The molecule has 17 heavy (non-hydrogen) atoms. The predicted octanol–water partition coefficient (Wildman–Crippen LogP) is 1.47. The van der Waals surface area contributed by atoms with Crippen LogP contribution in [0.2, 0.25) is 0 Å². The van der Waals surface area contributed by atoms with Gasteiger partial charge < -0.3 is 15.2 Å². The third-order valence-corrected chi connectivity index (χ3v) is 2.41. The summed E-state index contributed by atoms with van der Waals surface area (Å²) in [6, 6.07) is 7.56. The molecule has 0 radical (unpaired) electrons. The maximum atomic E-state index is 11.4. The standard InChI is InChI=1S/C13H19NO3/c1-10(15)6-7-13(16)14-9-11-4-3-5-12(8-11)17-2/h3-5,8,10,15H,6-7,9H2,1-2H3,(H,14,16). The molecule has 2 N–H and O–H groups in total. The zero-order valence-corrected chi connectivity index (χ0v) is 10.3. The van der Waals surface area contributed by atoms with Gasteiger partial charge in [0.05, 0.1) is 13.2 Å². The minimum Gasteiger partial charge on any atom is -0.497 e. The first kappa shape index (κ1) is 13.5. The average Bonchev–Trinajstić information content (AvgIpc) is 2.34. The summed E-state index contributed by atoms with van der Waals surface area (Å²) in [6.45, 7) is 2.16. The van der Waals surface area contributed by atoms with E-state index in [0.29, 0.717) is 19.4 Å². The summed E-state index contributed by atoms with van der Waals surface area (Å²) in [6.07, 6.45) is 0.406. The number of hydrogen-bond donors (Lipinski definition) is 2. The van der Waals surface area contributed by atoms with Crippen molar-refractivity contribution >= 4 is 5.91 Å². The van der Waals surface area contributed by atoms with Gasteiger partial charge in [-0.3, -0.25) is 4.79 Å². The largest absolute Gasteiger partial charge is 0.497 e. The number of ether oxygens (including phenoxy) is 1. The third-order valence-electron chi connectivity index (χ3n) is 2.41. The second-order valence-electron chi connectivity index (χ2n) is 4.02. The van der Waals surface area contributed by atoms with E-state index in [-0.39, 0.29) is 5.91 Å². The van der Waals surface area contributed by atoms with E-state index in [1.807, 2.05) is 24.3 Å². The average molecular weight is 237 g/mol. The van der Waals surface area contributed by atoms with Crippen molar-refractivity contribution in [2.24, 2.45) is 0 Å². The van der Waals surface area contributed by atoms with E-state index in [2.05, 4.69) is 5.32 Å². The number of methoxy groups -OCH3 is 1. The number of aliphatic hydroxyl groups excluding tert-OH is 1. The summed E-state index contributed by atoms with van der Waals surface area (Å²) in [4.78, 5) is 11.4. The van der Waals surface area contributed by atoms with Crippen LogP contribution in [0.3, 0.4) is 0 Å². The predicted molar refractivity (Wildman–Crippen MR) is 65.8 cm³/mol. The third kappa shape index (κ3) is 5.36. The molecular weight excluding hydrogens is 218 g/mol. The first-order valence-electron chi connectivity index (χ1n) is 5.69. The number of carbonyl (C=O) groups excluding carboxylic acids is 1. The number of aliphatic hydroxyl groups is 1. The summed E-state index contributed by atoms with van der Waals surface area (Å²) in [7, 11) is 1.61. The number of benzene rings is 1. The molecule has 0 bridgehead atoms. The first-order chi connectivity index (χ1) is 8.11. The molecule has 4 nitrogen and oxygen atoms in total. The van der Waals surface area contributed by atoms with Crippen LogP contribution >= 0.6 is 0 Å². The van der Waals surface area contributed by atoms with Crippen molar-refractivity contribution < 1.29 is 14.6 Å². The van der Waals surface area contributed by atoms with E-state index in [1.165, 1.54) is 0 Å². The van der Waals surface area contributed by atoms with E-state index < -0.39 is 6.10 Å². The molecule has 1 amide bonds. The van der Waals surface area contributed by atoms with Crippen molar-refractivity contribution in [3.8, 4) is 5.75 Å². The molecule has 4 heteroatoms. The van der Waals surface area contributed by atoms with Crippen LogP contribution in [0, 0.1) is 0 Å². The molecule has 0 aromatic heterocycles. The fraction of sp³-hybridized carbons (Fsp3) is 0.462. The molecule has 1 aromatic carbocycles. The van der Waals surface area contributed by atoms with Gasteiger partial charge in [-0.2, -0.15) is 0 Å². The molecule has 0 spiro atoms. The Labute approximate surface area is 102 Å². The van der Waals surface area contributed by atoms with Crippen LogP contribution < -0.4 is 10.1 Å². The number of nitrogens with one attached hydrogen (secondary N) is 1. The second-order valence-corrected chi connectivity index (χ2v) is 4.02. The van der Waals surface area contributed by atoms with Crippen molar-refractivity contribution in [3.63, 3.8) is 0 Å². The lowest BCUT2D eigenvalue weighted by Crippen LogP contribution is -2.23. The van der Waals surface area contributed by atoms with Crippen molar-refractivity contribution in [2.75, 3.05) is 7.11 Å². The highest BCUT2D eigenvalue weighted by molar-refractivity contribution is 5.75. The van der Waals surface area contributed by atoms with Crippen molar-refractivity contribution in [2.45, 2.75) is 32.4 Å². The van der Waals surface area contributed by atoms with Gasteiger partial charge in [0.15, 0.2) is 0 Å². The summed E-state index contributed by atoms with van der Waals surface area (Å²) in [5, 5.41) is 11.9. The molecule has 94 valence electrons. The van der Waals surface area contributed by atoms with Crippen LogP contribution in [0.1, 0.15) is 25.3 Å². The quantitative estimate of drug-likeness (QED) is 0.787. The Morgan fingerprint density at radius 3 is 2.94 bits per heavy atom. The van der Waals surface area contributed by atoms with Gasteiger partial charge in [0.25, 0.3) is 0 Å². The Balaban J connectivity index is 2.36. The van der Waals surface area contributed by atoms with Crippen LogP contribution in [0.4, 0.5) is 0 Å². The van der Waals surface area contributed by atoms with Gasteiger partial charge in [-0.1, -0.05) is 12.1 Å². The highest BCUT2D eigenvalue weighted by atomic mass is 16.5. The van der Waals surface area contributed by atoms with E-state index in [4.69, 9.17) is 9.84 Å². The molecule has 0 saturated heterocycles. The van der Waals surface area contributed by atoms with Gasteiger partial charge in [-0.05, 0) is 31.0 Å². The zero-order chi connectivity index (χ0) is 12.7. The minimum absolute atomic E-state index is 0.0475. The summed E-state index contributed by atoms with van der Waals surface area (Å²) in [5.41, 5.74) is 0.995. The lowest BCUT2D eigenvalue weighted by atomic mass is 10.2. The van der Waals surface area contributed by atoms with Crippen molar-refractivity contribution in [1.82, 2.24) is 5.32 Å². The number of rotatable bonds is 6. The van der Waals surface area contributed by atoms with E-state index in [9.17, 15) is 4.79 Å².